The molecular weight excluding hydrogens is 235 g/mol. The molecular formula is C11H8ClFOS. The van der Waals surface area contributed by atoms with Gasteiger partial charge in [0, 0.05) is 10.4 Å². The van der Waals surface area contributed by atoms with Gasteiger partial charge in [-0.3, -0.25) is 0 Å². The number of halogens is 2. The van der Waals surface area contributed by atoms with Crippen LogP contribution in [0.5, 0.6) is 0 Å². The van der Waals surface area contributed by atoms with Crippen LogP contribution in [0.25, 0.3) is 0 Å². The first-order chi connectivity index (χ1) is 7.20. The first kappa shape index (κ1) is 10.6. The molecule has 1 atom stereocenters. The van der Waals surface area contributed by atoms with Crippen LogP contribution >= 0.6 is 22.9 Å². The van der Waals surface area contributed by atoms with E-state index in [1.54, 1.807) is 12.1 Å². The normalized spacial score (nSPS) is 12.7. The number of aliphatic hydroxyl groups is 1. The molecule has 1 aromatic heterocycles. The molecule has 0 fully saturated rings. The van der Waals surface area contributed by atoms with Crippen molar-refractivity contribution >= 4 is 22.9 Å². The molecule has 0 radical (unpaired) electrons. The van der Waals surface area contributed by atoms with Gasteiger partial charge in [0.25, 0.3) is 0 Å². The Labute approximate surface area is 95.8 Å². The Balaban J connectivity index is 2.42. The number of aliphatic hydroxyl groups excluding tert-OH is 1. The minimum absolute atomic E-state index is 0.0154. The Morgan fingerprint density at radius 1 is 1.27 bits per heavy atom. The van der Waals surface area contributed by atoms with Crippen LogP contribution in [0.1, 0.15) is 16.5 Å². The molecule has 78 valence electrons. The van der Waals surface area contributed by atoms with Gasteiger partial charge in [-0.25, -0.2) is 4.39 Å². The molecule has 0 saturated heterocycles. The number of thiophene rings is 1. The highest BCUT2D eigenvalue weighted by Gasteiger charge is 2.16. The summed E-state index contributed by atoms with van der Waals surface area (Å²) in [5.41, 5.74) is 0.402. The molecule has 2 rings (SSSR count). The Morgan fingerprint density at radius 3 is 2.73 bits per heavy atom. The molecule has 1 unspecified atom stereocenters. The van der Waals surface area contributed by atoms with Crippen LogP contribution in [0.3, 0.4) is 0 Å². The zero-order chi connectivity index (χ0) is 10.8. The molecule has 15 heavy (non-hydrogen) atoms. The van der Waals surface area contributed by atoms with E-state index in [-0.39, 0.29) is 5.02 Å². The molecule has 0 aliphatic rings. The maximum Gasteiger partial charge on any atom is 0.142 e. The first-order valence-corrected chi connectivity index (χ1v) is 5.61. The fourth-order valence-electron chi connectivity index (χ4n) is 1.33. The van der Waals surface area contributed by atoms with Crippen molar-refractivity contribution in [2.45, 2.75) is 6.10 Å². The third kappa shape index (κ3) is 2.04. The maximum absolute atomic E-state index is 13.1. The molecule has 0 amide bonds. The van der Waals surface area contributed by atoms with Gasteiger partial charge in [-0.1, -0.05) is 29.8 Å². The van der Waals surface area contributed by atoms with Crippen LogP contribution in [0.4, 0.5) is 4.39 Å². The summed E-state index contributed by atoms with van der Waals surface area (Å²) < 4.78 is 13.1. The van der Waals surface area contributed by atoms with Crippen LogP contribution in [-0.2, 0) is 0 Å². The standard InChI is InChI=1S/C11H8ClFOS/c12-10-7(3-1-4-8(10)13)11(14)9-5-2-6-15-9/h1-6,11,14H. The van der Waals surface area contributed by atoms with Crippen molar-refractivity contribution in [3.8, 4) is 0 Å². The lowest BCUT2D eigenvalue weighted by Crippen LogP contribution is -1.99. The largest absolute Gasteiger partial charge is 0.383 e. The van der Waals surface area contributed by atoms with Gasteiger partial charge >= 0.3 is 0 Å². The van der Waals surface area contributed by atoms with Crippen LogP contribution in [-0.4, -0.2) is 5.11 Å². The summed E-state index contributed by atoms with van der Waals surface area (Å²) in [5, 5.41) is 11.8. The van der Waals surface area contributed by atoms with E-state index >= 15 is 0 Å². The second kappa shape index (κ2) is 4.31. The summed E-state index contributed by atoms with van der Waals surface area (Å²) in [4.78, 5) is 0.752. The summed E-state index contributed by atoms with van der Waals surface area (Å²) >= 11 is 7.18. The van der Waals surface area contributed by atoms with Crippen molar-refractivity contribution in [1.29, 1.82) is 0 Å². The third-order valence-corrected chi connectivity index (χ3v) is 3.41. The van der Waals surface area contributed by atoms with E-state index in [2.05, 4.69) is 0 Å². The maximum atomic E-state index is 13.1. The smallest absolute Gasteiger partial charge is 0.142 e. The summed E-state index contributed by atoms with van der Waals surface area (Å²) in [6.07, 6.45) is -0.854. The van der Waals surface area contributed by atoms with Gasteiger partial charge in [0.15, 0.2) is 0 Å². The monoisotopic (exact) mass is 242 g/mol. The molecule has 1 N–H and O–H groups in total. The minimum atomic E-state index is -0.854. The van der Waals surface area contributed by atoms with Crippen LogP contribution in [0.2, 0.25) is 5.02 Å². The van der Waals surface area contributed by atoms with E-state index in [1.165, 1.54) is 23.5 Å². The highest BCUT2D eigenvalue weighted by molar-refractivity contribution is 7.10. The topological polar surface area (TPSA) is 20.2 Å². The number of rotatable bonds is 2. The average Bonchev–Trinajstić information content (AvgIpc) is 2.74. The fourth-order valence-corrected chi connectivity index (χ4v) is 2.29. The lowest BCUT2D eigenvalue weighted by Gasteiger charge is -2.10. The van der Waals surface area contributed by atoms with Crippen LogP contribution in [0, 0.1) is 5.82 Å². The zero-order valence-electron chi connectivity index (χ0n) is 7.65. The van der Waals surface area contributed by atoms with Gasteiger partial charge in [0.05, 0.1) is 5.02 Å². The summed E-state index contributed by atoms with van der Waals surface area (Å²) in [6.45, 7) is 0. The number of benzene rings is 1. The quantitative estimate of drug-likeness (QED) is 0.853. The summed E-state index contributed by atoms with van der Waals surface area (Å²) in [6, 6.07) is 8.04. The zero-order valence-corrected chi connectivity index (χ0v) is 9.23. The van der Waals surface area contributed by atoms with Gasteiger partial charge in [0.2, 0.25) is 0 Å². The van der Waals surface area contributed by atoms with E-state index in [0.717, 1.165) is 4.88 Å². The summed E-state index contributed by atoms with van der Waals surface area (Å²) in [7, 11) is 0. The molecule has 0 saturated carbocycles. The van der Waals surface area contributed by atoms with Crippen LogP contribution in [0.15, 0.2) is 35.7 Å². The molecule has 0 aliphatic heterocycles. The summed E-state index contributed by atoms with van der Waals surface area (Å²) in [5.74, 6) is -0.509. The van der Waals surface area contributed by atoms with Gasteiger partial charge < -0.3 is 5.11 Å². The number of hydrogen-bond acceptors (Lipinski definition) is 2. The molecule has 4 heteroatoms. The Hall–Kier alpha value is -0.900. The Morgan fingerprint density at radius 2 is 2.07 bits per heavy atom. The van der Waals surface area contributed by atoms with Gasteiger partial charge in [-0.2, -0.15) is 0 Å². The third-order valence-electron chi connectivity index (χ3n) is 2.09. The van der Waals surface area contributed by atoms with Gasteiger partial charge in [-0.15, -0.1) is 11.3 Å². The lowest BCUT2D eigenvalue weighted by molar-refractivity contribution is 0.224. The van der Waals surface area contributed by atoms with Crippen molar-refractivity contribution in [3.05, 3.63) is 57.0 Å². The van der Waals surface area contributed by atoms with Crippen molar-refractivity contribution in [2.24, 2.45) is 0 Å². The predicted molar refractivity (Wildman–Crippen MR) is 59.8 cm³/mol. The average molecular weight is 243 g/mol. The first-order valence-electron chi connectivity index (χ1n) is 4.35. The molecule has 0 aliphatic carbocycles. The molecule has 1 nitrogen and oxygen atoms in total. The lowest BCUT2D eigenvalue weighted by atomic mass is 10.1. The predicted octanol–water partition coefficient (Wildman–Crippen LogP) is 3.62. The SMILES string of the molecule is OC(c1cccs1)c1cccc(F)c1Cl. The Kier molecular flexibility index (Phi) is 3.05. The highest BCUT2D eigenvalue weighted by atomic mass is 35.5. The second-order valence-corrected chi connectivity index (χ2v) is 4.42. The minimum Gasteiger partial charge on any atom is -0.383 e. The van der Waals surface area contributed by atoms with E-state index in [1.807, 2.05) is 11.4 Å². The van der Waals surface area contributed by atoms with Gasteiger partial charge in [-0.05, 0) is 17.5 Å². The van der Waals surface area contributed by atoms with E-state index in [0.29, 0.717) is 5.56 Å². The molecule has 0 spiro atoms. The second-order valence-electron chi connectivity index (χ2n) is 3.06. The van der Waals surface area contributed by atoms with E-state index in [4.69, 9.17) is 11.6 Å². The van der Waals surface area contributed by atoms with E-state index in [9.17, 15) is 9.50 Å². The number of hydrogen-bond donors (Lipinski definition) is 1. The van der Waals surface area contributed by atoms with Crippen molar-refractivity contribution in [1.82, 2.24) is 0 Å². The fraction of sp³-hybridized carbons (Fsp3) is 0.0909. The molecule has 2 aromatic rings. The van der Waals surface area contributed by atoms with Crippen LogP contribution < -0.4 is 0 Å². The molecule has 1 aromatic carbocycles. The highest BCUT2D eigenvalue weighted by Crippen LogP contribution is 2.31. The molecule has 0 bridgehead atoms. The van der Waals surface area contributed by atoms with Crippen molar-refractivity contribution < 1.29 is 9.50 Å². The van der Waals surface area contributed by atoms with Crippen molar-refractivity contribution in [2.75, 3.05) is 0 Å². The van der Waals surface area contributed by atoms with Crippen molar-refractivity contribution in [3.63, 3.8) is 0 Å². The Bertz CT molecular complexity index is 456. The molecule has 1 heterocycles. The van der Waals surface area contributed by atoms with Gasteiger partial charge in [0.1, 0.15) is 11.9 Å². The van der Waals surface area contributed by atoms with E-state index < -0.39 is 11.9 Å².